The van der Waals surface area contributed by atoms with Gasteiger partial charge in [-0.1, -0.05) is 6.92 Å². The molecule has 1 aliphatic rings. The molecule has 68 valence electrons. The molecule has 0 saturated carbocycles. The summed E-state index contributed by atoms with van der Waals surface area (Å²) in [6.45, 7) is 3.83. The minimum Gasteiger partial charge on any atom is -0.330 e. The predicted molar refractivity (Wildman–Crippen MR) is 45.7 cm³/mol. The second-order valence-corrected chi connectivity index (χ2v) is 3.28. The van der Waals surface area contributed by atoms with Crippen LogP contribution in [0.15, 0.2) is 0 Å². The Morgan fingerprint density at radius 1 is 1.58 bits per heavy atom. The lowest BCUT2D eigenvalue weighted by atomic mass is 10.2. The van der Waals surface area contributed by atoms with Gasteiger partial charge < -0.3 is 9.69 Å². The van der Waals surface area contributed by atoms with Crippen molar-refractivity contribution in [2.45, 2.75) is 45.2 Å². The van der Waals surface area contributed by atoms with E-state index in [0.29, 0.717) is 6.42 Å². The molecule has 3 heteroatoms. The Kier molecular flexibility index (Phi) is 2.84. The summed E-state index contributed by atoms with van der Waals surface area (Å²) >= 11 is 0. The Balaban J connectivity index is 2.69. The largest absolute Gasteiger partial charge is 0.330 e. The van der Waals surface area contributed by atoms with Crippen LogP contribution in [0.25, 0.3) is 0 Å². The molecule has 2 unspecified atom stereocenters. The highest BCUT2D eigenvalue weighted by Crippen LogP contribution is 2.22. The highest BCUT2D eigenvalue weighted by molar-refractivity contribution is 5.80. The third-order valence-electron chi connectivity index (χ3n) is 2.46. The summed E-state index contributed by atoms with van der Waals surface area (Å²) in [4.78, 5) is 23.7. The van der Waals surface area contributed by atoms with E-state index in [2.05, 4.69) is 0 Å². The van der Waals surface area contributed by atoms with Crippen LogP contribution in [0.3, 0.4) is 0 Å². The molecule has 1 saturated heterocycles. The molecule has 0 radical (unpaired) electrons. The van der Waals surface area contributed by atoms with E-state index < -0.39 is 0 Å². The van der Waals surface area contributed by atoms with Gasteiger partial charge in [0, 0.05) is 12.5 Å². The summed E-state index contributed by atoms with van der Waals surface area (Å²) < 4.78 is 0. The van der Waals surface area contributed by atoms with Crippen LogP contribution in [0.1, 0.15) is 33.1 Å². The molecule has 3 nitrogen and oxygen atoms in total. The van der Waals surface area contributed by atoms with Gasteiger partial charge in [0.1, 0.15) is 6.29 Å². The number of amides is 1. The fourth-order valence-corrected chi connectivity index (χ4v) is 1.76. The lowest BCUT2D eigenvalue weighted by Gasteiger charge is -2.24. The number of rotatable bonds is 2. The zero-order valence-corrected chi connectivity index (χ0v) is 7.62. The molecule has 2 atom stereocenters. The second-order valence-electron chi connectivity index (χ2n) is 3.28. The average molecular weight is 169 g/mol. The number of nitrogens with zero attached hydrogens (tertiary/aromatic N) is 1. The lowest BCUT2D eigenvalue weighted by Crippen LogP contribution is -2.40. The van der Waals surface area contributed by atoms with Crippen LogP contribution >= 0.6 is 0 Å². The number of hydrogen-bond acceptors (Lipinski definition) is 2. The van der Waals surface area contributed by atoms with Gasteiger partial charge in [0.05, 0.1) is 6.04 Å². The highest BCUT2D eigenvalue weighted by atomic mass is 16.2. The first-order chi connectivity index (χ1) is 5.70. The fourth-order valence-electron chi connectivity index (χ4n) is 1.76. The normalized spacial score (nSPS) is 29.0. The fraction of sp³-hybridized carbons (Fsp3) is 0.778. The molecule has 0 aliphatic carbocycles. The molecule has 1 fully saturated rings. The third-order valence-corrected chi connectivity index (χ3v) is 2.46. The van der Waals surface area contributed by atoms with Crippen LogP contribution in [-0.2, 0) is 9.59 Å². The van der Waals surface area contributed by atoms with E-state index in [0.717, 1.165) is 19.1 Å². The van der Waals surface area contributed by atoms with Gasteiger partial charge in [-0.25, -0.2) is 0 Å². The monoisotopic (exact) mass is 169 g/mol. The first-order valence-electron chi connectivity index (χ1n) is 4.47. The topological polar surface area (TPSA) is 37.4 Å². The standard InChI is InChI=1S/C9H15NO2/c1-3-9(12)10-7(2)4-5-8(10)6-11/h6-8H,3-5H2,1-2H3. The van der Waals surface area contributed by atoms with Crippen molar-refractivity contribution in [1.29, 1.82) is 0 Å². The Labute approximate surface area is 72.7 Å². The molecule has 1 amide bonds. The molecule has 0 bridgehead atoms. The van der Waals surface area contributed by atoms with E-state index >= 15 is 0 Å². The minimum absolute atomic E-state index is 0.0945. The predicted octanol–water partition coefficient (Wildman–Crippen LogP) is 0.975. The maximum Gasteiger partial charge on any atom is 0.223 e. The van der Waals surface area contributed by atoms with Gasteiger partial charge >= 0.3 is 0 Å². The third kappa shape index (κ3) is 1.49. The maximum atomic E-state index is 11.4. The van der Waals surface area contributed by atoms with Gasteiger partial charge in [-0.3, -0.25) is 4.79 Å². The highest BCUT2D eigenvalue weighted by Gasteiger charge is 2.32. The molecule has 1 aliphatic heterocycles. The Morgan fingerprint density at radius 2 is 2.25 bits per heavy atom. The smallest absolute Gasteiger partial charge is 0.223 e. The van der Waals surface area contributed by atoms with E-state index in [4.69, 9.17) is 0 Å². The summed E-state index contributed by atoms with van der Waals surface area (Å²) in [6, 6.07) is 0.0834. The van der Waals surface area contributed by atoms with Crippen LogP contribution in [-0.4, -0.2) is 29.2 Å². The molecule has 0 aromatic heterocycles. The number of aldehydes is 1. The van der Waals surface area contributed by atoms with Crippen molar-refractivity contribution in [2.24, 2.45) is 0 Å². The molecule has 1 heterocycles. The van der Waals surface area contributed by atoms with E-state index in [1.165, 1.54) is 0 Å². The molecule has 1 rings (SSSR count). The average Bonchev–Trinajstić information content (AvgIpc) is 2.45. The zero-order chi connectivity index (χ0) is 9.14. The molecule has 0 aromatic rings. The van der Waals surface area contributed by atoms with E-state index in [9.17, 15) is 9.59 Å². The van der Waals surface area contributed by atoms with Crippen molar-refractivity contribution in [3.63, 3.8) is 0 Å². The number of carbonyl (C=O) groups excluding carboxylic acids is 2. The molecule has 0 N–H and O–H groups in total. The van der Waals surface area contributed by atoms with Crippen molar-refractivity contribution in [2.75, 3.05) is 0 Å². The van der Waals surface area contributed by atoms with Crippen LogP contribution in [0, 0.1) is 0 Å². The van der Waals surface area contributed by atoms with Crippen LogP contribution in [0.5, 0.6) is 0 Å². The van der Waals surface area contributed by atoms with Gasteiger partial charge in [-0.2, -0.15) is 0 Å². The van der Waals surface area contributed by atoms with Gasteiger partial charge in [0.25, 0.3) is 0 Å². The molecule has 0 aromatic carbocycles. The van der Waals surface area contributed by atoms with Crippen molar-refractivity contribution < 1.29 is 9.59 Å². The molecule has 0 spiro atoms. The Hall–Kier alpha value is -0.860. The maximum absolute atomic E-state index is 11.4. The Morgan fingerprint density at radius 3 is 2.75 bits per heavy atom. The van der Waals surface area contributed by atoms with E-state index in [1.54, 1.807) is 4.90 Å². The van der Waals surface area contributed by atoms with Crippen LogP contribution in [0.2, 0.25) is 0 Å². The summed E-state index contributed by atoms with van der Waals surface area (Å²) in [5.41, 5.74) is 0. The van der Waals surface area contributed by atoms with E-state index in [-0.39, 0.29) is 18.0 Å². The first-order valence-corrected chi connectivity index (χ1v) is 4.47. The molecular weight excluding hydrogens is 154 g/mol. The van der Waals surface area contributed by atoms with Gasteiger partial charge in [-0.15, -0.1) is 0 Å². The first kappa shape index (κ1) is 9.23. The van der Waals surface area contributed by atoms with Gasteiger partial charge in [-0.05, 0) is 19.8 Å². The van der Waals surface area contributed by atoms with Crippen LogP contribution < -0.4 is 0 Å². The quantitative estimate of drug-likeness (QED) is 0.578. The summed E-state index contributed by atoms with van der Waals surface area (Å²) in [5.74, 6) is 0.0945. The SMILES string of the molecule is CCC(=O)N1C(C)CCC1C=O. The molecular formula is C9H15NO2. The van der Waals surface area contributed by atoms with Crippen molar-refractivity contribution in [3.05, 3.63) is 0 Å². The van der Waals surface area contributed by atoms with Gasteiger partial charge in [0.15, 0.2) is 0 Å². The number of hydrogen-bond donors (Lipinski definition) is 0. The van der Waals surface area contributed by atoms with Crippen LogP contribution in [0.4, 0.5) is 0 Å². The van der Waals surface area contributed by atoms with Gasteiger partial charge in [0.2, 0.25) is 5.91 Å². The lowest BCUT2D eigenvalue weighted by molar-refractivity contribution is -0.135. The summed E-state index contributed by atoms with van der Waals surface area (Å²) in [7, 11) is 0. The van der Waals surface area contributed by atoms with Crippen molar-refractivity contribution in [1.82, 2.24) is 4.90 Å². The number of likely N-dealkylation sites (tertiary alicyclic amines) is 1. The summed E-state index contributed by atoms with van der Waals surface area (Å²) in [5, 5.41) is 0. The van der Waals surface area contributed by atoms with E-state index in [1.807, 2.05) is 13.8 Å². The number of carbonyl (C=O) groups is 2. The van der Waals surface area contributed by atoms with Crippen molar-refractivity contribution >= 4 is 12.2 Å². The molecule has 12 heavy (non-hydrogen) atoms. The Bertz CT molecular complexity index is 191. The minimum atomic E-state index is -0.160. The van der Waals surface area contributed by atoms with Crippen molar-refractivity contribution in [3.8, 4) is 0 Å². The zero-order valence-electron chi connectivity index (χ0n) is 7.62. The summed E-state index contributed by atoms with van der Waals surface area (Å²) in [6.07, 6.45) is 3.16. The second kappa shape index (κ2) is 3.70.